The van der Waals surface area contributed by atoms with Crippen LogP contribution in [0.2, 0.25) is 0 Å². The molecule has 2 aromatic rings. The van der Waals surface area contributed by atoms with E-state index in [0.29, 0.717) is 11.3 Å². The van der Waals surface area contributed by atoms with Crippen molar-refractivity contribution in [1.82, 2.24) is 9.97 Å². The van der Waals surface area contributed by atoms with Crippen LogP contribution in [-0.4, -0.2) is 15.1 Å². The molecule has 0 aliphatic heterocycles. The summed E-state index contributed by atoms with van der Waals surface area (Å²) in [4.78, 5) is 18.8. The van der Waals surface area contributed by atoms with Crippen LogP contribution in [0.4, 0.5) is 5.69 Å². The molecule has 0 bridgehead atoms. The molecule has 0 saturated heterocycles. The molecule has 26 heavy (non-hydrogen) atoms. The number of nitrogens with zero attached hydrogens (tertiary/aromatic N) is 1. The summed E-state index contributed by atoms with van der Waals surface area (Å²) in [6, 6.07) is 10.9. The van der Waals surface area contributed by atoms with E-state index >= 15 is 0 Å². The Labute approximate surface area is 153 Å². The average molecular weight is 351 g/mol. The largest absolute Gasteiger partial charge is 0.508 e. The highest BCUT2D eigenvalue weighted by atomic mass is 16.3. The molecule has 3 N–H and O–H groups in total. The van der Waals surface area contributed by atoms with Gasteiger partial charge in [-0.25, -0.2) is 0 Å². The van der Waals surface area contributed by atoms with Crippen LogP contribution in [0.25, 0.3) is 5.76 Å². The molecule has 0 amide bonds. The smallest absolute Gasteiger partial charge is 0.249 e. The van der Waals surface area contributed by atoms with Gasteiger partial charge < -0.3 is 15.4 Å². The minimum atomic E-state index is -0.205. The van der Waals surface area contributed by atoms with Crippen molar-refractivity contribution in [2.24, 2.45) is 0 Å². The Morgan fingerprint density at radius 1 is 1.23 bits per heavy atom. The van der Waals surface area contributed by atoms with Crippen LogP contribution in [0.5, 0.6) is 0 Å². The van der Waals surface area contributed by atoms with Crippen molar-refractivity contribution in [2.75, 3.05) is 5.32 Å². The standard InChI is InChI=1S/C21H25N3O2/c1-13-8-9-20(19(11-13)17(5)25)24-16(4)18-7-6-10-22-21(26)12-14(2)23-15(18)3/h6-12,16,24-25H,5H2,1-4H3,(H,22,26). The van der Waals surface area contributed by atoms with Gasteiger partial charge in [0.25, 0.3) is 0 Å². The van der Waals surface area contributed by atoms with Gasteiger partial charge in [-0.05, 0) is 51.5 Å². The molecule has 0 aliphatic rings. The molecular weight excluding hydrogens is 326 g/mol. The topological polar surface area (TPSA) is 78.0 Å². The zero-order chi connectivity index (χ0) is 19.3. The lowest BCUT2D eigenvalue weighted by molar-refractivity contribution is 0.514. The van der Waals surface area contributed by atoms with Gasteiger partial charge in [-0.2, -0.15) is 0 Å². The molecule has 2 rings (SSSR count). The van der Waals surface area contributed by atoms with Crippen LogP contribution < -0.4 is 10.9 Å². The van der Waals surface area contributed by atoms with Crippen LogP contribution in [0, 0.1) is 20.8 Å². The first-order valence-corrected chi connectivity index (χ1v) is 8.44. The number of hydrogen-bond donors (Lipinski definition) is 3. The van der Waals surface area contributed by atoms with Gasteiger partial charge in [-0.1, -0.05) is 24.3 Å². The molecule has 5 nitrogen and oxygen atoms in total. The van der Waals surface area contributed by atoms with Crippen LogP contribution in [0.15, 0.2) is 54.0 Å². The van der Waals surface area contributed by atoms with E-state index in [1.165, 1.54) is 6.07 Å². The maximum Gasteiger partial charge on any atom is 0.249 e. The fourth-order valence-corrected chi connectivity index (χ4v) is 2.79. The summed E-state index contributed by atoms with van der Waals surface area (Å²) in [5.74, 6) is 0.0232. The number of aromatic amines is 1. The van der Waals surface area contributed by atoms with Gasteiger partial charge in [0.15, 0.2) is 0 Å². The summed E-state index contributed by atoms with van der Waals surface area (Å²) in [6.45, 7) is 11.3. The van der Waals surface area contributed by atoms with Gasteiger partial charge in [0.2, 0.25) is 5.56 Å². The Morgan fingerprint density at radius 3 is 2.65 bits per heavy atom. The Kier molecular flexibility index (Phi) is 6.17. The number of aliphatic hydroxyl groups excluding tert-OH is 1. The number of benzene rings is 1. The number of hydrogen-bond acceptors (Lipinski definition) is 4. The monoisotopic (exact) mass is 351 g/mol. The maximum atomic E-state index is 11.6. The normalized spacial score (nSPS) is 11.4. The van der Waals surface area contributed by atoms with E-state index in [2.05, 4.69) is 21.9 Å². The zero-order valence-corrected chi connectivity index (χ0v) is 15.6. The Balaban J connectivity index is 2.49. The number of nitrogens with one attached hydrogen (secondary N) is 2. The third kappa shape index (κ3) is 4.96. The first kappa shape index (κ1) is 19.2. The van der Waals surface area contributed by atoms with Crippen molar-refractivity contribution in [1.29, 1.82) is 0 Å². The quantitative estimate of drug-likeness (QED) is 0.708. The predicted molar refractivity (Wildman–Crippen MR) is 107 cm³/mol. The van der Waals surface area contributed by atoms with Crippen LogP contribution in [-0.2, 0) is 0 Å². The molecule has 0 fully saturated rings. The molecule has 1 aromatic carbocycles. The van der Waals surface area contributed by atoms with E-state index < -0.39 is 0 Å². The fraction of sp³-hybridized carbons (Fsp3) is 0.238. The molecule has 5 heteroatoms. The fourth-order valence-electron chi connectivity index (χ4n) is 2.79. The first-order valence-electron chi connectivity index (χ1n) is 8.44. The molecular formula is C21H25N3O2. The number of aromatic nitrogens is 2. The third-order valence-corrected chi connectivity index (χ3v) is 4.02. The predicted octanol–water partition coefficient (Wildman–Crippen LogP) is 4.52. The highest BCUT2D eigenvalue weighted by Gasteiger charge is 2.12. The van der Waals surface area contributed by atoms with Crippen molar-refractivity contribution in [2.45, 2.75) is 33.7 Å². The van der Waals surface area contributed by atoms with Crippen LogP contribution in [0.3, 0.4) is 0 Å². The second-order valence-electron chi connectivity index (χ2n) is 6.33. The van der Waals surface area contributed by atoms with Gasteiger partial charge in [-0.3, -0.25) is 9.78 Å². The Bertz CT molecular complexity index is 931. The van der Waals surface area contributed by atoms with E-state index in [0.717, 1.165) is 22.5 Å². The average Bonchev–Trinajstić information content (AvgIpc) is 2.55. The molecule has 1 unspecified atom stereocenters. The summed E-state index contributed by atoms with van der Waals surface area (Å²) in [5, 5.41) is 13.3. The van der Waals surface area contributed by atoms with Crippen LogP contribution in [0.1, 0.15) is 41.0 Å². The van der Waals surface area contributed by atoms with E-state index in [1.807, 2.05) is 45.0 Å². The summed E-state index contributed by atoms with van der Waals surface area (Å²) in [6.07, 6.45) is 1.60. The van der Waals surface area contributed by atoms with E-state index in [1.54, 1.807) is 19.2 Å². The molecule has 1 aromatic heterocycles. The second kappa shape index (κ2) is 8.34. The zero-order valence-electron chi connectivity index (χ0n) is 15.6. The van der Waals surface area contributed by atoms with Crippen molar-refractivity contribution >= 4 is 11.4 Å². The Hall–Kier alpha value is -3.08. The minimum absolute atomic E-state index is 0.0232. The van der Waals surface area contributed by atoms with Gasteiger partial charge in [-0.15, -0.1) is 0 Å². The number of aliphatic hydroxyl groups is 1. The molecule has 136 valence electrons. The van der Waals surface area contributed by atoms with E-state index in [9.17, 15) is 9.90 Å². The van der Waals surface area contributed by atoms with Gasteiger partial charge in [0, 0.05) is 34.9 Å². The highest BCUT2D eigenvalue weighted by molar-refractivity contribution is 5.71. The third-order valence-electron chi connectivity index (χ3n) is 4.02. The van der Waals surface area contributed by atoms with E-state index in [4.69, 9.17) is 0 Å². The minimum Gasteiger partial charge on any atom is -0.508 e. The number of H-pyrrole nitrogens is 1. The lowest BCUT2D eigenvalue weighted by Crippen LogP contribution is -2.10. The molecule has 0 spiro atoms. The lowest BCUT2D eigenvalue weighted by Gasteiger charge is -2.19. The summed E-state index contributed by atoms with van der Waals surface area (Å²) < 4.78 is 0. The summed E-state index contributed by atoms with van der Waals surface area (Å²) >= 11 is 0. The molecule has 1 atom stereocenters. The Morgan fingerprint density at radius 2 is 1.96 bits per heavy atom. The summed E-state index contributed by atoms with van der Waals surface area (Å²) in [5.41, 5.74) is 4.73. The van der Waals surface area contributed by atoms with Gasteiger partial charge >= 0.3 is 0 Å². The van der Waals surface area contributed by atoms with Crippen LogP contribution >= 0.6 is 0 Å². The highest BCUT2D eigenvalue weighted by Crippen LogP contribution is 2.27. The molecule has 0 saturated carbocycles. The van der Waals surface area contributed by atoms with Crippen molar-refractivity contribution in [3.8, 4) is 0 Å². The maximum absolute atomic E-state index is 11.6. The molecule has 0 radical (unpaired) electrons. The van der Waals surface area contributed by atoms with Crippen molar-refractivity contribution in [3.05, 3.63) is 87.6 Å². The molecule has 0 aliphatic carbocycles. The van der Waals surface area contributed by atoms with Crippen molar-refractivity contribution in [3.63, 3.8) is 0 Å². The van der Waals surface area contributed by atoms with Gasteiger partial charge in [0.1, 0.15) is 5.76 Å². The number of aryl methyl sites for hydroxylation is 3. The van der Waals surface area contributed by atoms with E-state index in [-0.39, 0.29) is 17.4 Å². The number of anilines is 1. The SMILES string of the molecule is C=C(O)c1cc(C)ccc1NC(C)c1ccc[nH]c(=O)cc(C)nc1C. The van der Waals surface area contributed by atoms with Gasteiger partial charge in [0.05, 0.1) is 6.04 Å². The van der Waals surface area contributed by atoms with Crippen molar-refractivity contribution < 1.29 is 5.11 Å². The lowest BCUT2D eigenvalue weighted by atomic mass is 10.0. The second-order valence-corrected chi connectivity index (χ2v) is 6.33. The first-order chi connectivity index (χ1) is 12.3. The molecule has 1 heterocycles. The number of rotatable bonds is 4. The summed E-state index contributed by atoms with van der Waals surface area (Å²) in [7, 11) is 0.